The van der Waals surface area contributed by atoms with Gasteiger partial charge in [0.2, 0.25) is 0 Å². The van der Waals surface area contributed by atoms with Gasteiger partial charge in [0.05, 0.1) is 12.7 Å². The molecule has 0 radical (unpaired) electrons. The van der Waals surface area contributed by atoms with Gasteiger partial charge in [-0.05, 0) is 30.7 Å². The van der Waals surface area contributed by atoms with E-state index in [1.54, 1.807) is 12.1 Å². The third-order valence-corrected chi connectivity index (χ3v) is 2.76. The number of hydrogen-bond donors (Lipinski definition) is 3. The summed E-state index contributed by atoms with van der Waals surface area (Å²) in [6, 6.07) is 5.39. The predicted molar refractivity (Wildman–Crippen MR) is 66.1 cm³/mol. The van der Waals surface area contributed by atoms with Crippen LogP contribution >= 0.6 is 23.2 Å². The summed E-state index contributed by atoms with van der Waals surface area (Å²) >= 11 is 11.8. The van der Waals surface area contributed by atoms with E-state index in [0.717, 1.165) is 12.0 Å². The number of nitrogens with one attached hydrogen (secondary N) is 1. The second-order valence-corrected chi connectivity index (χ2v) is 4.37. The molecule has 0 fully saturated rings. The van der Waals surface area contributed by atoms with Gasteiger partial charge in [0.15, 0.2) is 0 Å². The lowest BCUT2D eigenvalue weighted by atomic mass is 10.1. The molecule has 1 aromatic carbocycles. The van der Waals surface area contributed by atoms with E-state index in [1.165, 1.54) is 0 Å². The van der Waals surface area contributed by atoms with E-state index in [4.69, 9.17) is 33.4 Å². The molecule has 0 saturated carbocycles. The molecule has 0 aromatic heterocycles. The maximum Gasteiger partial charge on any atom is 0.0894 e. The van der Waals surface area contributed by atoms with Crippen molar-refractivity contribution in [2.24, 2.45) is 0 Å². The van der Waals surface area contributed by atoms with Crippen LogP contribution in [0.5, 0.6) is 0 Å². The van der Waals surface area contributed by atoms with Crippen LogP contribution in [0, 0.1) is 0 Å². The molecule has 1 unspecified atom stereocenters. The Morgan fingerprint density at radius 1 is 1.31 bits per heavy atom. The van der Waals surface area contributed by atoms with Crippen LogP contribution in [0.3, 0.4) is 0 Å². The quantitative estimate of drug-likeness (QED) is 0.682. The second kappa shape index (κ2) is 7.09. The minimum atomic E-state index is -0.708. The number of aliphatic hydroxyl groups is 2. The zero-order valence-corrected chi connectivity index (χ0v) is 10.3. The summed E-state index contributed by atoms with van der Waals surface area (Å²) in [5.41, 5.74) is 1.01. The summed E-state index contributed by atoms with van der Waals surface area (Å²) in [5.74, 6) is 0. The first kappa shape index (κ1) is 13.7. The lowest BCUT2D eigenvalue weighted by Crippen LogP contribution is -2.30. The minimum Gasteiger partial charge on any atom is -0.394 e. The SMILES string of the molecule is OCC(O)CNCCc1ccc(Cl)cc1Cl. The van der Waals surface area contributed by atoms with Crippen molar-refractivity contribution in [3.8, 4) is 0 Å². The van der Waals surface area contributed by atoms with Gasteiger partial charge in [0.25, 0.3) is 0 Å². The highest BCUT2D eigenvalue weighted by Gasteiger charge is 2.03. The van der Waals surface area contributed by atoms with Crippen molar-refractivity contribution in [3.05, 3.63) is 33.8 Å². The number of hydrogen-bond acceptors (Lipinski definition) is 3. The molecule has 1 rings (SSSR count). The molecular weight excluding hydrogens is 249 g/mol. The smallest absolute Gasteiger partial charge is 0.0894 e. The summed E-state index contributed by atoms with van der Waals surface area (Å²) in [5, 5.41) is 22.0. The molecule has 0 amide bonds. The fraction of sp³-hybridized carbons (Fsp3) is 0.455. The van der Waals surface area contributed by atoms with Crippen LogP contribution < -0.4 is 5.32 Å². The van der Waals surface area contributed by atoms with Gasteiger partial charge in [-0.3, -0.25) is 0 Å². The van der Waals surface area contributed by atoms with Crippen LogP contribution in [-0.2, 0) is 6.42 Å². The largest absolute Gasteiger partial charge is 0.394 e. The van der Waals surface area contributed by atoms with E-state index in [1.807, 2.05) is 6.07 Å². The highest BCUT2D eigenvalue weighted by molar-refractivity contribution is 6.35. The summed E-state index contributed by atoms with van der Waals surface area (Å²) in [6.45, 7) is 0.842. The molecule has 3 N–H and O–H groups in total. The van der Waals surface area contributed by atoms with Crippen molar-refractivity contribution in [2.75, 3.05) is 19.7 Å². The molecule has 16 heavy (non-hydrogen) atoms. The lowest BCUT2D eigenvalue weighted by molar-refractivity contribution is 0.0947. The van der Waals surface area contributed by atoms with Crippen LogP contribution in [0.2, 0.25) is 10.0 Å². The van der Waals surface area contributed by atoms with Gasteiger partial charge in [0, 0.05) is 16.6 Å². The first-order valence-corrected chi connectivity index (χ1v) is 5.82. The number of rotatable bonds is 6. The highest BCUT2D eigenvalue weighted by Crippen LogP contribution is 2.20. The molecule has 0 heterocycles. The van der Waals surface area contributed by atoms with Gasteiger partial charge in [-0.25, -0.2) is 0 Å². The zero-order chi connectivity index (χ0) is 12.0. The van der Waals surface area contributed by atoms with E-state index in [0.29, 0.717) is 23.1 Å². The van der Waals surface area contributed by atoms with E-state index in [9.17, 15) is 0 Å². The first-order chi connectivity index (χ1) is 7.63. The van der Waals surface area contributed by atoms with Gasteiger partial charge >= 0.3 is 0 Å². The van der Waals surface area contributed by atoms with E-state index in [2.05, 4.69) is 5.32 Å². The van der Waals surface area contributed by atoms with Gasteiger partial charge in [-0.1, -0.05) is 29.3 Å². The highest BCUT2D eigenvalue weighted by atomic mass is 35.5. The maximum absolute atomic E-state index is 9.09. The molecule has 0 saturated heterocycles. The van der Waals surface area contributed by atoms with Crippen LogP contribution in [0.15, 0.2) is 18.2 Å². The number of halogens is 2. The molecule has 5 heteroatoms. The summed E-state index contributed by atoms with van der Waals surface area (Å²) < 4.78 is 0. The Hall–Kier alpha value is -0.320. The third kappa shape index (κ3) is 4.68. The Balaban J connectivity index is 2.32. The van der Waals surface area contributed by atoms with Gasteiger partial charge in [0.1, 0.15) is 0 Å². The van der Waals surface area contributed by atoms with Crippen molar-refractivity contribution >= 4 is 23.2 Å². The topological polar surface area (TPSA) is 52.5 Å². The summed E-state index contributed by atoms with van der Waals surface area (Å²) in [4.78, 5) is 0. The minimum absolute atomic E-state index is 0.227. The van der Waals surface area contributed by atoms with E-state index in [-0.39, 0.29) is 6.61 Å². The Bertz CT molecular complexity index is 334. The molecule has 90 valence electrons. The third-order valence-electron chi connectivity index (χ3n) is 2.18. The van der Waals surface area contributed by atoms with Crippen molar-refractivity contribution in [1.82, 2.24) is 5.32 Å². The standard InChI is InChI=1S/C11H15Cl2NO2/c12-9-2-1-8(11(13)5-9)3-4-14-6-10(16)7-15/h1-2,5,10,14-16H,3-4,6-7H2. The zero-order valence-electron chi connectivity index (χ0n) is 8.79. The average Bonchev–Trinajstić information content (AvgIpc) is 2.26. The van der Waals surface area contributed by atoms with Crippen molar-refractivity contribution in [2.45, 2.75) is 12.5 Å². The molecule has 0 aliphatic rings. The molecule has 0 spiro atoms. The van der Waals surface area contributed by atoms with Crippen molar-refractivity contribution in [3.63, 3.8) is 0 Å². The Morgan fingerprint density at radius 2 is 2.06 bits per heavy atom. The average molecular weight is 264 g/mol. The maximum atomic E-state index is 9.09. The predicted octanol–water partition coefficient (Wildman–Crippen LogP) is 1.48. The summed E-state index contributed by atoms with van der Waals surface area (Å²) in [6.07, 6.45) is 0.0504. The van der Waals surface area contributed by atoms with E-state index >= 15 is 0 Å². The molecular formula is C11H15Cl2NO2. The Labute approximate surface area is 105 Å². The molecule has 0 aliphatic carbocycles. The molecule has 0 bridgehead atoms. The van der Waals surface area contributed by atoms with Gasteiger partial charge < -0.3 is 15.5 Å². The Morgan fingerprint density at radius 3 is 2.69 bits per heavy atom. The number of aliphatic hydroxyl groups excluding tert-OH is 2. The molecule has 0 aliphatic heterocycles. The second-order valence-electron chi connectivity index (χ2n) is 3.53. The fourth-order valence-electron chi connectivity index (χ4n) is 1.28. The van der Waals surface area contributed by atoms with E-state index < -0.39 is 6.10 Å². The van der Waals surface area contributed by atoms with Gasteiger partial charge in [-0.2, -0.15) is 0 Å². The van der Waals surface area contributed by atoms with Crippen LogP contribution in [-0.4, -0.2) is 36.0 Å². The summed E-state index contributed by atoms with van der Waals surface area (Å²) in [7, 11) is 0. The van der Waals surface area contributed by atoms with Crippen LogP contribution in [0.25, 0.3) is 0 Å². The first-order valence-electron chi connectivity index (χ1n) is 5.07. The number of benzene rings is 1. The monoisotopic (exact) mass is 263 g/mol. The molecule has 1 aromatic rings. The van der Waals surface area contributed by atoms with Crippen molar-refractivity contribution < 1.29 is 10.2 Å². The fourth-order valence-corrected chi connectivity index (χ4v) is 1.78. The van der Waals surface area contributed by atoms with Crippen LogP contribution in [0.4, 0.5) is 0 Å². The van der Waals surface area contributed by atoms with Crippen molar-refractivity contribution in [1.29, 1.82) is 0 Å². The van der Waals surface area contributed by atoms with Crippen LogP contribution in [0.1, 0.15) is 5.56 Å². The normalized spacial score (nSPS) is 12.8. The molecule has 1 atom stereocenters. The lowest BCUT2D eigenvalue weighted by Gasteiger charge is -2.09. The Kier molecular flexibility index (Phi) is 6.09. The molecule has 3 nitrogen and oxygen atoms in total. The van der Waals surface area contributed by atoms with Gasteiger partial charge in [-0.15, -0.1) is 0 Å².